The molecule has 7 nitrogen and oxygen atoms in total. The molecule has 0 radical (unpaired) electrons. The van der Waals surface area contributed by atoms with Crippen molar-refractivity contribution in [3.05, 3.63) is 75.3 Å². The fourth-order valence-electron chi connectivity index (χ4n) is 2.20. The highest BCUT2D eigenvalue weighted by Crippen LogP contribution is 2.16. The fourth-order valence-corrected chi connectivity index (χ4v) is 2.20. The van der Waals surface area contributed by atoms with Gasteiger partial charge in [0.1, 0.15) is 12.4 Å². The topological polar surface area (TPSA) is 87.3 Å². The van der Waals surface area contributed by atoms with Crippen molar-refractivity contribution in [2.45, 2.75) is 6.54 Å². The third kappa shape index (κ3) is 3.18. The molecule has 0 atom stereocenters. The highest BCUT2D eigenvalue weighted by molar-refractivity contribution is 5.79. The van der Waals surface area contributed by atoms with Crippen molar-refractivity contribution in [1.29, 1.82) is 0 Å². The smallest absolute Gasteiger partial charge is 0.270 e. The minimum Gasteiger partial charge on any atom is -0.492 e. The van der Waals surface area contributed by atoms with Gasteiger partial charge in [-0.25, -0.2) is 4.98 Å². The van der Waals surface area contributed by atoms with Crippen LogP contribution in [0.3, 0.4) is 0 Å². The molecule has 1 heterocycles. The lowest BCUT2D eigenvalue weighted by Gasteiger charge is -2.08. The number of benzene rings is 2. The van der Waals surface area contributed by atoms with Crippen molar-refractivity contribution in [2.24, 2.45) is 0 Å². The largest absolute Gasteiger partial charge is 0.492 e. The summed E-state index contributed by atoms with van der Waals surface area (Å²) >= 11 is 0. The van der Waals surface area contributed by atoms with E-state index >= 15 is 0 Å². The zero-order chi connectivity index (χ0) is 16.2. The summed E-state index contributed by atoms with van der Waals surface area (Å²) in [6.45, 7) is 0.603. The number of hydrogen-bond acceptors (Lipinski definition) is 5. The SMILES string of the molecule is O=c1c2cc([N+](=O)[O-])ccc2ncn1CCOc1ccccc1. The van der Waals surface area contributed by atoms with E-state index in [9.17, 15) is 14.9 Å². The number of nitro benzene ring substituents is 1. The summed E-state index contributed by atoms with van der Waals surface area (Å²) in [4.78, 5) is 26.8. The molecule has 0 saturated carbocycles. The van der Waals surface area contributed by atoms with Crippen LogP contribution in [0.2, 0.25) is 0 Å². The second-order valence-electron chi connectivity index (χ2n) is 4.86. The van der Waals surface area contributed by atoms with Crippen LogP contribution in [0.1, 0.15) is 0 Å². The van der Waals surface area contributed by atoms with Gasteiger partial charge in [-0.05, 0) is 18.2 Å². The van der Waals surface area contributed by atoms with E-state index in [1.807, 2.05) is 30.3 Å². The van der Waals surface area contributed by atoms with E-state index in [0.717, 1.165) is 0 Å². The first-order valence-corrected chi connectivity index (χ1v) is 6.96. The number of para-hydroxylation sites is 1. The third-order valence-electron chi connectivity index (χ3n) is 3.36. The van der Waals surface area contributed by atoms with Crippen molar-refractivity contribution in [3.8, 4) is 5.75 Å². The molecule has 0 saturated heterocycles. The standard InChI is InChI=1S/C16H13N3O4/c20-16-14-10-12(19(21)22)6-7-15(14)17-11-18(16)8-9-23-13-4-2-1-3-5-13/h1-7,10-11H,8-9H2. The zero-order valence-electron chi connectivity index (χ0n) is 12.1. The van der Waals surface area contributed by atoms with Crippen molar-refractivity contribution < 1.29 is 9.66 Å². The lowest BCUT2D eigenvalue weighted by atomic mass is 10.2. The van der Waals surface area contributed by atoms with Crippen molar-refractivity contribution in [1.82, 2.24) is 9.55 Å². The number of hydrogen-bond donors (Lipinski definition) is 0. The highest BCUT2D eigenvalue weighted by Gasteiger charge is 2.10. The number of nitro groups is 1. The van der Waals surface area contributed by atoms with Gasteiger partial charge in [-0.2, -0.15) is 0 Å². The Morgan fingerprint density at radius 2 is 1.96 bits per heavy atom. The average molecular weight is 311 g/mol. The predicted octanol–water partition coefficient (Wildman–Crippen LogP) is 2.38. The van der Waals surface area contributed by atoms with Crippen LogP contribution < -0.4 is 10.3 Å². The molecule has 0 aliphatic heterocycles. The second-order valence-corrected chi connectivity index (χ2v) is 4.86. The first-order chi connectivity index (χ1) is 11.1. The Labute approximate surface area is 130 Å². The van der Waals surface area contributed by atoms with Gasteiger partial charge in [0.05, 0.1) is 28.7 Å². The fraction of sp³-hybridized carbons (Fsp3) is 0.125. The van der Waals surface area contributed by atoms with Gasteiger partial charge in [-0.1, -0.05) is 18.2 Å². The molecule has 0 aliphatic carbocycles. The summed E-state index contributed by atoms with van der Waals surface area (Å²) < 4.78 is 6.93. The molecule has 7 heteroatoms. The Kier molecular flexibility index (Phi) is 4.01. The maximum absolute atomic E-state index is 12.4. The Morgan fingerprint density at radius 3 is 2.70 bits per heavy atom. The lowest BCUT2D eigenvalue weighted by Crippen LogP contribution is -2.23. The Bertz CT molecular complexity index is 906. The van der Waals surface area contributed by atoms with E-state index < -0.39 is 4.92 Å². The summed E-state index contributed by atoms with van der Waals surface area (Å²) in [6, 6.07) is 13.3. The molecule has 1 aromatic heterocycles. The van der Waals surface area contributed by atoms with Crippen LogP contribution in [0.25, 0.3) is 10.9 Å². The number of aromatic nitrogens is 2. The molecular formula is C16H13N3O4. The highest BCUT2D eigenvalue weighted by atomic mass is 16.6. The minimum absolute atomic E-state index is 0.130. The Balaban J connectivity index is 1.82. The maximum Gasteiger partial charge on any atom is 0.270 e. The molecule has 3 aromatic rings. The first-order valence-electron chi connectivity index (χ1n) is 6.96. The number of ether oxygens (including phenoxy) is 1. The van der Waals surface area contributed by atoms with Crippen molar-refractivity contribution in [2.75, 3.05) is 6.61 Å². The van der Waals surface area contributed by atoms with Crippen LogP contribution in [0.15, 0.2) is 59.7 Å². The van der Waals surface area contributed by atoms with E-state index in [1.165, 1.54) is 29.1 Å². The quantitative estimate of drug-likeness (QED) is 0.533. The predicted molar refractivity (Wildman–Crippen MR) is 84.6 cm³/mol. The number of fused-ring (bicyclic) bond motifs is 1. The summed E-state index contributed by atoms with van der Waals surface area (Å²) in [6.07, 6.45) is 1.42. The van der Waals surface area contributed by atoms with Gasteiger partial charge in [0.2, 0.25) is 0 Å². The van der Waals surface area contributed by atoms with Crippen LogP contribution in [-0.4, -0.2) is 21.1 Å². The Hall–Kier alpha value is -3.22. The molecule has 0 unspecified atom stereocenters. The van der Waals surface area contributed by atoms with Crippen molar-refractivity contribution in [3.63, 3.8) is 0 Å². The van der Waals surface area contributed by atoms with Gasteiger partial charge in [0.15, 0.2) is 0 Å². The van der Waals surface area contributed by atoms with E-state index in [1.54, 1.807) is 0 Å². The van der Waals surface area contributed by atoms with Crippen LogP contribution in [-0.2, 0) is 6.54 Å². The third-order valence-corrected chi connectivity index (χ3v) is 3.36. The zero-order valence-corrected chi connectivity index (χ0v) is 12.1. The van der Waals surface area contributed by atoms with Gasteiger partial charge >= 0.3 is 0 Å². The molecule has 116 valence electrons. The molecule has 0 amide bonds. The molecule has 0 aliphatic rings. The summed E-state index contributed by atoms with van der Waals surface area (Å²) in [5, 5.41) is 11.0. The van der Waals surface area contributed by atoms with Crippen molar-refractivity contribution >= 4 is 16.6 Å². The minimum atomic E-state index is -0.533. The van der Waals surface area contributed by atoms with Gasteiger partial charge in [-0.3, -0.25) is 19.5 Å². The van der Waals surface area contributed by atoms with Gasteiger partial charge < -0.3 is 4.74 Å². The summed E-state index contributed by atoms with van der Waals surface area (Å²) in [5.74, 6) is 0.713. The van der Waals surface area contributed by atoms with E-state index in [-0.39, 0.29) is 16.6 Å². The van der Waals surface area contributed by atoms with E-state index in [0.29, 0.717) is 24.4 Å². The van der Waals surface area contributed by atoms with Crippen LogP contribution in [0.5, 0.6) is 5.75 Å². The van der Waals surface area contributed by atoms with Crippen LogP contribution in [0.4, 0.5) is 5.69 Å². The van der Waals surface area contributed by atoms with Gasteiger partial charge in [0.25, 0.3) is 11.2 Å². The van der Waals surface area contributed by atoms with Gasteiger partial charge in [0, 0.05) is 12.1 Å². The monoisotopic (exact) mass is 311 g/mol. The first kappa shape index (κ1) is 14.7. The van der Waals surface area contributed by atoms with E-state index in [2.05, 4.69) is 4.98 Å². The summed E-state index contributed by atoms with van der Waals surface area (Å²) in [5.41, 5.74) is -0.0223. The normalized spacial score (nSPS) is 10.6. The average Bonchev–Trinajstić information content (AvgIpc) is 2.57. The number of rotatable bonds is 5. The summed E-state index contributed by atoms with van der Waals surface area (Å²) in [7, 11) is 0. The molecule has 0 bridgehead atoms. The molecule has 0 fully saturated rings. The van der Waals surface area contributed by atoms with Gasteiger partial charge in [-0.15, -0.1) is 0 Å². The maximum atomic E-state index is 12.4. The molecule has 3 rings (SSSR count). The lowest BCUT2D eigenvalue weighted by molar-refractivity contribution is -0.384. The van der Waals surface area contributed by atoms with E-state index in [4.69, 9.17) is 4.74 Å². The molecule has 2 aromatic carbocycles. The number of nitrogens with zero attached hydrogens (tertiary/aromatic N) is 3. The van der Waals surface area contributed by atoms with Crippen LogP contribution >= 0.6 is 0 Å². The molecule has 0 N–H and O–H groups in total. The molecular weight excluding hydrogens is 298 g/mol. The van der Waals surface area contributed by atoms with Crippen LogP contribution in [0, 0.1) is 10.1 Å². The second kappa shape index (κ2) is 6.27. The molecule has 23 heavy (non-hydrogen) atoms. The molecule has 0 spiro atoms. The Morgan fingerprint density at radius 1 is 1.17 bits per heavy atom. The number of non-ortho nitro benzene ring substituents is 1.